The molecule has 0 radical (unpaired) electrons. The van der Waals surface area contributed by atoms with Crippen molar-refractivity contribution < 1.29 is 19.0 Å². The van der Waals surface area contributed by atoms with E-state index in [1.54, 1.807) is 0 Å². The van der Waals surface area contributed by atoms with Crippen molar-refractivity contribution in [1.29, 1.82) is 5.26 Å². The highest BCUT2D eigenvalue weighted by molar-refractivity contribution is 5.69. The molecule has 2 aliphatic heterocycles. The number of hydrogen-bond acceptors (Lipinski definition) is 5. The molecule has 0 N–H and O–H groups in total. The van der Waals surface area contributed by atoms with Crippen LogP contribution >= 0.6 is 0 Å². The molecule has 3 unspecified atom stereocenters. The van der Waals surface area contributed by atoms with E-state index in [-0.39, 0.29) is 29.9 Å². The van der Waals surface area contributed by atoms with Crippen LogP contribution in [-0.2, 0) is 19.0 Å². The average molecular weight is 295 g/mol. The third kappa shape index (κ3) is 3.75. The van der Waals surface area contributed by atoms with Crippen molar-refractivity contribution in [2.75, 3.05) is 7.11 Å². The third-order valence-electron chi connectivity index (χ3n) is 4.74. The van der Waals surface area contributed by atoms with Crippen LogP contribution in [0.15, 0.2) is 0 Å². The molecular weight excluding hydrogens is 270 g/mol. The molecule has 2 rings (SSSR count). The summed E-state index contributed by atoms with van der Waals surface area (Å²) in [5.41, 5.74) is -0.223. The fourth-order valence-electron chi connectivity index (χ4n) is 3.54. The first-order chi connectivity index (χ1) is 10.1. The lowest BCUT2D eigenvalue weighted by molar-refractivity contribution is -0.168. The van der Waals surface area contributed by atoms with E-state index in [0.717, 1.165) is 32.1 Å². The number of esters is 1. The van der Waals surface area contributed by atoms with Gasteiger partial charge in [0.1, 0.15) is 0 Å². The molecule has 2 fully saturated rings. The molecular formula is C16H25NO4. The summed E-state index contributed by atoms with van der Waals surface area (Å²) in [6.07, 6.45) is 6.50. The highest BCUT2D eigenvalue weighted by atomic mass is 16.6. The number of carbonyl (C=O) groups excluding carboxylic acids is 1. The lowest BCUT2D eigenvalue weighted by Crippen LogP contribution is -2.47. The van der Waals surface area contributed by atoms with Crippen molar-refractivity contribution in [3.05, 3.63) is 0 Å². The van der Waals surface area contributed by atoms with Gasteiger partial charge in [0.15, 0.2) is 0 Å². The lowest BCUT2D eigenvalue weighted by Gasteiger charge is -2.41. The Kier molecular flexibility index (Phi) is 5.60. The molecule has 0 aromatic rings. The molecule has 0 saturated carbocycles. The number of carbonyl (C=O) groups is 1. The largest absolute Gasteiger partial charge is 0.469 e. The Balaban J connectivity index is 1.92. The molecule has 2 aliphatic rings. The molecule has 5 heteroatoms. The average Bonchev–Trinajstić information content (AvgIpc) is 2.88. The van der Waals surface area contributed by atoms with Crippen LogP contribution in [0.2, 0.25) is 0 Å². The number of rotatable bonds is 6. The Morgan fingerprint density at radius 3 is 2.86 bits per heavy atom. The molecule has 0 aliphatic carbocycles. The van der Waals surface area contributed by atoms with Crippen LogP contribution in [0, 0.1) is 11.3 Å². The van der Waals surface area contributed by atoms with E-state index in [0.29, 0.717) is 19.3 Å². The van der Waals surface area contributed by atoms with Gasteiger partial charge in [-0.15, -0.1) is 0 Å². The molecule has 0 amide bonds. The number of hydrogen-bond donors (Lipinski definition) is 0. The van der Waals surface area contributed by atoms with E-state index in [9.17, 15) is 4.79 Å². The molecule has 2 heterocycles. The van der Waals surface area contributed by atoms with Crippen molar-refractivity contribution in [3.8, 4) is 6.07 Å². The second kappa shape index (κ2) is 7.24. The van der Waals surface area contributed by atoms with Crippen LogP contribution < -0.4 is 0 Å². The zero-order chi connectivity index (χ0) is 15.3. The van der Waals surface area contributed by atoms with E-state index < -0.39 is 0 Å². The van der Waals surface area contributed by atoms with Crippen molar-refractivity contribution in [2.24, 2.45) is 0 Å². The maximum absolute atomic E-state index is 11.3. The first kappa shape index (κ1) is 16.3. The van der Waals surface area contributed by atoms with Gasteiger partial charge in [0.05, 0.1) is 37.1 Å². The predicted octanol–water partition coefficient (Wildman–Crippen LogP) is 2.73. The summed E-state index contributed by atoms with van der Waals surface area (Å²) in [4.78, 5) is 11.3. The van der Waals surface area contributed by atoms with E-state index >= 15 is 0 Å². The molecule has 0 aromatic carbocycles. The number of nitrogens with zero attached hydrogens (tertiary/aromatic N) is 1. The number of nitriles is 1. The molecule has 118 valence electrons. The van der Waals surface area contributed by atoms with Crippen LogP contribution in [0.3, 0.4) is 0 Å². The number of methoxy groups -OCH3 is 1. The second-order valence-corrected chi connectivity index (χ2v) is 6.00. The third-order valence-corrected chi connectivity index (χ3v) is 4.74. The monoisotopic (exact) mass is 295 g/mol. The van der Waals surface area contributed by atoms with Gasteiger partial charge in [0, 0.05) is 19.3 Å². The summed E-state index contributed by atoms with van der Waals surface area (Å²) in [6, 6.07) is 2.19. The van der Waals surface area contributed by atoms with Crippen LogP contribution in [0.1, 0.15) is 58.3 Å². The van der Waals surface area contributed by atoms with Crippen LogP contribution in [0.4, 0.5) is 0 Å². The Bertz CT molecular complexity index is 406. The highest BCUT2D eigenvalue weighted by Crippen LogP contribution is 2.45. The lowest BCUT2D eigenvalue weighted by atomic mass is 9.83. The fraction of sp³-hybridized carbons (Fsp3) is 0.875. The standard InChI is InChI=1S/C16H25NO4/c1-3-16-11-13(7-9-15(18)19-2)20-14(16)8-6-12(21-16)5-4-10-17/h12-14H,3-9,11H2,1-2H3/t12?,13-,14?,16?/m0/s1. The van der Waals surface area contributed by atoms with Gasteiger partial charge in [-0.1, -0.05) is 6.92 Å². The summed E-state index contributed by atoms with van der Waals surface area (Å²) >= 11 is 0. The van der Waals surface area contributed by atoms with Crippen LogP contribution in [0.25, 0.3) is 0 Å². The summed E-state index contributed by atoms with van der Waals surface area (Å²) in [5.74, 6) is -0.188. The van der Waals surface area contributed by atoms with Crippen LogP contribution in [-0.4, -0.2) is 37.0 Å². The van der Waals surface area contributed by atoms with Gasteiger partial charge in [0.2, 0.25) is 0 Å². The topological polar surface area (TPSA) is 68.5 Å². The first-order valence-electron chi connectivity index (χ1n) is 7.90. The summed E-state index contributed by atoms with van der Waals surface area (Å²) in [7, 11) is 1.41. The SMILES string of the molecule is CCC12C[C@H](CCC(=O)OC)OC1CCC(CCC#N)O2. The van der Waals surface area contributed by atoms with Gasteiger partial charge in [-0.2, -0.15) is 5.26 Å². The minimum atomic E-state index is -0.223. The Labute approximate surface area is 126 Å². The maximum atomic E-state index is 11.3. The predicted molar refractivity (Wildman–Crippen MR) is 76.5 cm³/mol. The smallest absolute Gasteiger partial charge is 0.305 e. The molecule has 0 bridgehead atoms. The number of ether oxygens (including phenoxy) is 3. The zero-order valence-electron chi connectivity index (χ0n) is 13.0. The fourth-order valence-corrected chi connectivity index (χ4v) is 3.54. The summed E-state index contributed by atoms with van der Waals surface area (Å²) in [6.45, 7) is 2.13. The van der Waals surface area contributed by atoms with E-state index in [1.807, 2.05) is 0 Å². The van der Waals surface area contributed by atoms with E-state index in [1.165, 1.54) is 7.11 Å². The summed E-state index contributed by atoms with van der Waals surface area (Å²) < 4.78 is 17.1. The Morgan fingerprint density at radius 1 is 1.38 bits per heavy atom. The van der Waals surface area contributed by atoms with Gasteiger partial charge in [0.25, 0.3) is 0 Å². The molecule has 5 nitrogen and oxygen atoms in total. The Hall–Kier alpha value is -1.12. The first-order valence-corrected chi connectivity index (χ1v) is 7.90. The zero-order valence-corrected chi connectivity index (χ0v) is 13.0. The normalized spacial score (nSPS) is 35.0. The van der Waals surface area contributed by atoms with Gasteiger partial charge in [-0.05, 0) is 32.1 Å². The van der Waals surface area contributed by atoms with Gasteiger partial charge < -0.3 is 14.2 Å². The van der Waals surface area contributed by atoms with E-state index in [2.05, 4.69) is 17.7 Å². The summed E-state index contributed by atoms with van der Waals surface area (Å²) in [5, 5.41) is 8.72. The molecule has 0 spiro atoms. The van der Waals surface area contributed by atoms with Crippen molar-refractivity contribution in [2.45, 2.75) is 82.2 Å². The number of fused-ring (bicyclic) bond motifs is 1. The van der Waals surface area contributed by atoms with Gasteiger partial charge >= 0.3 is 5.97 Å². The Morgan fingerprint density at radius 2 is 2.19 bits per heavy atom. The van der Waals surface area contributed by atoms with E-state index in [4.69, 9.17) is 14.7 Å². The molecule has 4 atom stereocenters. The maximum Gasteiger partial charge on any atom is 0.305 e. The quantitative estimate of drug-likeness (QED) is 0.705. The second-order valence-electron chi connectivity index (χ2n) is 6.00. The molecule has 2 saturated heterocycles. The molecule has 21 heavy (non-hydrogen) atoms. The van der Waals surface area contributed by atoms with Crippen molar-refractivity contribution >= 4 is 5.97 Å². The minimum absolute atomic E-state index is 0.0729. The van der Waals surface area contributed by atoms with Crippen molar-refractivity contribution in [3.63, 3.8) is 0 Å². The van der Waals surface area contributed by atoms with Crippen molar-refractivity contribution in [1.82, 2.24) is 0 Å². The van der Waals surface area contributed by atoms with Gasteiger partial charge in [-0.3, -0.25) is 4.79 Å². The highest BCUT2D eigenvalue weighted by Gasteiger charge is 2.51. The van der Waals surface area contributed by atoms with Crippen LogP contribution in [0.5, 0.6) is 0 Å². The van der Waals surface area contributed by atoms with Gasteiger partial charge in [-0.25, -0.2) is 0 Å². The molecule has 0 aromatic heterocycles. The minimum Gasteiger partial charge on any atom is -0.469 e.